The van der Waals surface area contributed by atoms with Gasteiger partial charge in [-0.1, -0.05) is 24.3 Å². The highest BCUT2D eigenvalue weighted by Gasteiger charge is 2.30. The molecule has 3 heterocycles. The smallest absolute Gasteiger partial charge is 0.275 e. The number of alkyl halides is 2. The zero-order chi connectivity index (χ0) is 22.9. The largest absolute Gasteiger partial charge is 0.481 e. The fourth-order valence-corrected chi connectivity index (χ4v) is 3.28. The molecule has 0 aliphatic carbocycles. The zero-order valence-electron chi connectivity index (χ0n) is 17.3. The first-order valence-corrected chi connectivity index (χ1v) is 9.65. The number of H-pyrrole nitrogens is 1. The van der Waals surface area contributed by atoms with E-state index in [1.807, 2.05) is 30.3 Å². The first kappa shape index (κ1) is 21.2. The van der Waals surface area contributed by atoms with Gasteiger partial charge in [-0.25, -0.2) is 18.7 Å². The standard InChI is InChI=1S/C22H20F2N6O2/c1-22(23,24)17-9-15(11-27-21(17)32-2)28-18(31)7-12-3-5-13(6-4-12)14-8-16-19(25)29-30-20(16)26-10-14/h3-6,8-11H,7H2,1-2H3,(H,28,31)(H3,25,26,29,30). The van der Waals surface area contributed by atoms with E-state index >= 15 is 0 Å². The van der Waals surface area contributed by atoms with Crippen molar-refractivity contribution in [2.45, 2.75) is 19.3 Å². The third-order valence-electron chi connectivity index (χ3n) is 4.89. The molecular formula is C22H20F2N6O2. The van der Waals surface area contributed by atoms with E-state index in [1.54, 1.807) is 6.20 Å². The Hall–Kier alpha value is -4.08. The number of methoxy groups -OCH3 is 1. The van der Waals surface area contributed by atoms with Crippen molar-refractivity contribution in [3.05, 3.63) is 59.9 Å². The highest BCUT2D eigenvalue weighted by Crippen LogP contribution is 2.34. The van der Waals surface area contributed by atoms with E-state index in [-0.39, 0.29) is 23.9 Å². The Labute approximate surface area is 181 Å². The Morgan fingerprint density at radius 2 is 1.91 bits per heavy atom. The summed E-state index contributed by atoms with van der Waals surface area (Å²) in [6, 6.07) is 10.4. The summed E-state index contributed by atoms with van der Waals surface area (Å²) in [5.74, 6) is -3.26. The van der Waals surface area contributed by atoms with Gasteiger partial charge in [0.25, 0.3) is 5.92 Å². The molecule has 0 bridgehead atoms. The molecule has 0 aliphatic heterocycles. The molecule has 1 aromatic carbocycles. The predicted molar refractivity (Wildman–Crippen MR) is 116 cm³/mol. The number of ether oxygens (including phenoxy) is 1. The molecule has 1 amide bonds. The van der Waals surface area contributed by atoms with Crippen molar-refractivity contribution in [1.29, 1.82) is 0 Å². The van der Waals surface area contributed by atoms with E-state index in [9.17, 15) is 13.6 Å². The molecule has 4 N–H and O–H groups in total. The van der Waals surface area contributed by atoms with E-state index in [2.05, 4.69) is 25.5 Å². The topological polar surface area (TPSA) is 119 Å². The summed E-state index contributed by atoms with van der Waals surface area (Å²) in [4.78, 5) is 20.5. The number of pyridine rings is 2. The second-order valence-electron chi connectivity index (χ2n) is 7.32. The van der Waals surface area contributed by atoms with Gasteiger partial charge in [-0.05, 0) is 23.3 Å². The fraction of sp³-hybridized carbons (Fsp3) is 0.182. The molecule has 0 unspecified atom stereocenters. The number of halogens is 2. The fourth-order valence-electron chi connectivity index (χ4n) is 3.28. The van der Waals surface area contributed by atoms with Crippen LogP contribution in [0.1, 0.15) is 18.1 Å². The van der Waals surface area contributed by atoms with Crippen LogP contribution in [0.25, 0.3) is 22.2 Å². The number of nitrogens with one attached hydrogen (secondary N) is 2. The molecule has 10 heteroatoms. The highest BCUT2D eigenvalue weighted by molar-refractivity contribution is 5.92. The van der Waals surface area contributed by atoms with Crippen LogP contribution in [-0.4, -0.2) is 33.2 Å². The van der Waals surface area contributed by atoms with Crippen LogP contribution in [0, 0.1) is 0 Å². The van der Waals surface area contributed by atoms with Crippen molar-refractivity contribution < 1.29 is 18.3 Å². The quantitative estimate of drug-likeness (QED) is 0.420. The lowest BCUT2D eigenvalue weighted by molar-refractivity contribution is -0.115. The molecule has 8 nitrogen and oxygen atoms in total. The number of nitrogens with two attached hydrogens (primary N) is 1. The first-order valence-electron chi connectivity index (χ1n) is 9.65. The second kappa shape index (κ2) is 8.22. The average molecular weight is 438 g/mol. The van der Waals surface area contributed by atoms with Crippen LogP contribution in [0.2, 0.25) is 0 Å². The van der Waals surface area contributed by atoms with Gasteiger partial charge in [0.15, 0.2) is 5.65 Å². The Bertz CT molecular complexity index is 1280. The number of nitrogens with zero attached hydrogens (tertiary/aromatic N) is 3. The Morgan fingerprint density at radius 1 is 1.16 bits per heavy atom. The summed E-state index contributed by atoms with van der Waals surface area (Å²) in [5.41, 5.74) is 8.68. The second-order valence-corrected chi connectivity index (χ2v) is 7.32. The van der Waals surface area contributed by atoms with Crippen LogP contribution in [-0.2, 0) is 17.1 Å². The summed E-state index contributed by atoms with van der Waals surface area (Å²) in [6.07, 6.45) is 3.04. The number of hydrogen-bond donors (Lipinski definition) is 3. The minimum absolute atomic E-state index is 0.0656. The van der Waals surface area contributed by atoms with E-state index in [1.165, 1.54) is 13.3 Å². The molecule has 0 saturated carbocycles. The number of fused-ring (bicyclic) bond motifs is 1. The molecule has 0 radical (unpaired) electrons. The highest BCUT2D eigenvalue weighted by atomic mass is 19.3. The Balaban J connectivity index is 1.46. The maximum atomic E-state index is 13.8. The van der Waals surface area contributed by atoms with Crippen molar-refractivity contribution in [2.75, 3.05) is 18.2 Å². The van der Waals surface area contributed by atoms with Gasteiger partial charge < -0.3 is 15.8 Å². The van der Waals surface area contributed by atoms with Crippen LogP contribution in [0.3, 0.4) is 0 Å². The van der Waals surface area contributed by atoms with Crippen LogP contribution < -0.4 is 15.8 Å². The third-order valence-corrected chi connectivity index (χ3v) is 4.89. The van der Waals surface area contributed by atoms with Gasteiger partial charge >= 0.3 is 0 Å². The molecular weight excluding hydrogens is 418 g/mol. The number of hydrogen-bond acceptors (Lipinski definition) is 6. The molecule has 32 heavy (non-hydrogen) atoms. The number of rotatable bonds is 6. The van der Waals surface area contributed by atoms with Crippen molar-refractivity contribution in [3.63, 3.8) is 0 Å². The third kappa shape index (κ3) is 4.34. The molecule has 0 saturated heterocycles. The first-order chi connectivity index (χ1) is 15.2. The lowest BCUT2D eigenvalue weighted by atomic mass is 10.0. The minimum Gasteiger partial charge on any atom is -0.481 e. The molecule has 3 aromatic heterocycles. The predicted octanol–water partition coefficient (Wildman–Crippen LogP) is 3.90. The van der Waals surface area contributed by atoms with Gasteiger partial charge in [-0.2, -0.15) is 5.10 Å². The SMILES string of the molecule is COc1ncc(NC(=O)Cc2ccc(-c3cnc4n[nH]c(N)c4c3)cc2)cc1C(C)(F)F. The number of aromatic amines is 1. The van der Waals surface area contributed by atoms with Gasteiger partial charge in [0.1, 0.15) is 5.82 Å². The number of anilines is 2. The lowest BCUT2D eigenvalue weighted by Gasteiger charge is -2.15. The lowest BCUT2D eigenvalue weighted by Crippen LogP contribution is -2.16. The molecule has 0 atom stereocenters. The molecule has 164 valence electrons. The van der Waals surface area contributed by atoms with Gasteiger partial charge in [0.05, 0.1) is 36.4 Å². The van der Waals surface area contributed by atoms with Crippen molar-refractivity contribution >= 4 is 28.4 Å². The Morgan fingerprint density at radius 3 is 2.59 bits per heavy atom. The zero-order valence-corrected chi connectivity index (χ0v) is 17.3. The van der Waals surface area contributed by atoms with E-state index in [4.69, 9.17) is 10.5 Å². The summed E-state index contributed by atoms with van der Waals surface area (Å²) in [7, 11) is 1.26. The monoisotopic (exact) mass is 438 g/mol. The van der Waals surface area contributed by atoms with Crippen LogP contribution in [0.4, 0.5) is 20.3 Å². The molecule has 0 fully saturated rings. The van der Waals surface area contributed by atoms with Crippen molar-refractivity contribution in [1.82, 2.24) is 20.2 Å². The van der Waals surface area contributed by atoms with Crippen LogP contribution in [0.15, 0.2) is 48.8 Å². The normalized spacial score (nSPS) is 11.5. The van der Waals surface area contributed by atoms with Crippen LogP contribution >= 0.6 is 0 Å². The Kier molecular flexibility index (Phi) is 5.43. The summed E-state index contributed by atoms with van der Waals surface area (Å²) in [6.45, 7) is 0.744. The number of benzene rings is 1. The maximum absolute atomic E-state index is 13.8. The van der Waals surface area contributed by atoms with E-state index < -0.39 is 11.5 Å². The number of carbonyl (C=O) groups excluding carboxylic acids is 1. The number of aromatic nitrogens is 4. The molecule has 0 spiro atoms. The summed E-state index contributed by atoms with van der Waals surface area (Å²) < 4.78 is 32.4. The minimum atomic E-state index is -3.16. The summed E-state index contributed by atoms with van der Waals surface area (Å²) >= 11 is 0. The van der Waals surface area contributed by atoms with Gasteiger partial charge in [0, 0.05) is 18.7 Å². The van der Waals surface area contributed by atoms with Gasteiger partial charge in [-0.15, -0.1) is 0 Å². The van der Waals surface area contributed by atoms with Crippen molar-refractivity contribution in [3.8, 4) is 17.0 Å². The van der Waals surface area contributed by atoms with Gasteiger partial charge in [0.2, 0.25) is 11.8 Å². The molecule has 4 aromatic rings. The molecule has 0 aliphatic rings. The number of nitrogen functional groups attached to an aromatic ring is 1. The number of amides is 1. The van der Waals surface area contributed by atoms with E-state index in [0.717, 1.165) is 35.1 Å². The maximum Gasteiger partial charge on any atom is 0.275 e. The molecule has 4 rings (SSSR count). The van der Waals surface area contributed by atoms with Crippen molar-refractivity contribution in [2.24, 2.45) is 0 Å². The number of carbonyl (C=O) groups is 1. The van der Waals surface area contributed by atoms with E-state index in [0.29, 0.717) is 11.5 Å². The summed E-state index contributed by atoms with van der Waals surface area (Å²) in [5, 5.41) is 10.0. The van der Waals surface area contributed by atoms with Gasteiger partial charge in [-0.3, -0.25) is 9.89 Å². The average Bonchev–Trinajstić information content (AvgIpc) is 3.14. The van der Waals surface area contributed by atoms with Crippen LogP contribution in [0.5, 0.6) is 5.88 Å².